The third kappa shape index (κ3) is 4.98. The molecule has 8 nitrogen and oxygen atoms in total. The van der Waals surface area contributed by atoms with Crippen LogP contribution in [0.15, 0.2) is 33.9 Å². The number of halogens is 3. The number of imidazole rings is 1. The lowest BCUT2D eigenvalue weighted by Crippen LogP contribution is -2.36. The molecule has 0 atom stereocenters. The average Bonchev–Trinajstić information content (AvgIpc) is 3.02. The largest absolute Gasteiger partial charge is 0.425 e. The zero-order chi connectivity index (χ0) is 22.8. The number of nitrogens with one attached hydrogen (secondary N) is 1. The van der Waals surface area contributed by atoms with Crippen molar-refractivity contribution in [2.24, 2.45) is 5.92 Å². The van der Waals surface area contributed by atoms with E-state index < -0.39 is 23.0 Å². The number of aliphatic hydroxyl groups excluding tert-OH is 1. The van der Waals surface area contributed by atoms with E-state index in [0.717, 1.165) is 16.7 Å². The van der Waals surface area contributed by atoms with Gasteiger partial charge in [-0.2, -0.15) is 18.2 Å². The van der Waals surface area contributed by atoms with E-state index in [2.05, 4.69) is 9.97 Å². The molecule has 0 saturated heterocycles. The van der Waals surface area contributed by atoms with Gasteiger partial charge in [0, 0.05) is 19.7 Å². The minimum absolute atomic E-state index is 0.0130. The SMILES string of the molecule is CC(C)CCn1c(Oc2cccc(C(F)(F)F)c2)nc2[nH]c(=O)n(CCCO)c(=O)c21. The van der Waals surface area contributed by atoms with E-state index in [9.17, 15) is 22.8 Å². The Kier molecular flexibility index (Phi) is 6.54. The maximum atomic E-state index is 13.0. The Morgan fingerprint density at radius 2 is 1.94 bits per heavy atom. The average molecular weight is 440 g/mol. The van der Waals surface area contributed by atoms with E-state index in [1.165, 1.54) is 16.7 Å². The highest BCUT2D eigenvalue weighted by atomic mass is 19.4. The van der Waals surface area contributed by atoms with Gasteiger partial charge in [-0.3, -0.25) is 18.9 Å². The molecule has 0 aliphatic carbocycles. The summed E-state index contributed by atoms with van der Waals surface area (Å²) in [4.78, 5) is 31.9. The van der Waals surface area contributed by atoms with Gasteiger partial charge in [0.05, 0.1) is 5.56 Å². The van der Waals surface area contributed by atoms with Crippen molar-refractivity contribution in [3.8, 4) is 11.8 Å². The number of aromatic nitrogens is 4. The molecular formula is C20H23F3N4O4. The van der Waals surface area contributed by atoms with Crippen molar-refractivity contribution >= 4 is 11.2 Å². The van der Waals surface area contributed by atoms with Crippen molar-refractivity contribution in [1.29, 1.82) is 0 Å². The molecule has 3 rings (SSSR count). The highest BCUT2D eigenvalue weighted by Crippen LogP contribution is 2.33. The number of rotatable bonds is 8. The predicted molar refractivity (Wildman–Crippen MR) is 107 cm³/mol. The quantitative estimate of drug-likeness (QED) is 0.560. The molecule has 0 fully saturated rings. The van der Waals surface area contributed by atoms with E-state index in [1.807, 2.05) is 13.8 Å². The summed E-state index contributed by atoms with van der Waals surface area (Å²) in [5.41, 5.74) is -2.11. The normalized spacial score (nSPS) is 12.1. The highest BCUT2D eigenvalue weighted by molar-refractivity contribution is 5.71. The summed E-state index contributed by atoms with van der Waals surface area (Å²) in [6, 6.07) is 4.23. The zero-order valence-corrected chi connectivity index (χ0v) is 17.1. The van der Waals surface area contributed by atoms with Crippen molar-refractivity contribution in [2.45, 2.75) is 46.0 Å². The predicted octanol–water partition coefficient (Wildman–Crippen LogP) is 3.13. The first-order chi connectivity index (χ1) is 14.6. The van der Waals surface area contributed by atoms with Gasteiger partial charge in [0.1, 0.15) is 5.75 Å². The van der Waals surface area contributed by atoms with Gasteiger partial charge in [0.25, 0.3) is 5.56 Å². The van der Waals surface area contributed by atoms with Crippen LogP contribution in [-0.2, 0) is 19.3 Å². The molecule has 0 saturated carbocycles. The van der Waals surface area contributed by atoms with Crippen LogP contribution in [0.5, 0.6) is 11.8 Å². The lowest BCUT2D eigenvalue weighted by Gasteiger charge is -2.12. The highest BCUT2D eigenvalue weighted by Gasteiger charge is 2.31. The number of H-pyrrole nitrogens is 1. The van der Waals surface area contributed by atoms with E-state index in [-0.39, 0.29) is 48.4 Å². The van der Waals surface area contributed by atoms with Gasteiger partial charge < -0.3 is 9.84 Å². The van der Waals surface area contributed by atoms with Crippen LogP contribution in [0.3, 0.4) is 0 Å². The minimum Gasteiger partial charge on any atom is -0.425 e. The topological polar surface area (TPSA) is 102 Å². The third-order valence-electron chi connectivity index (χ3n) is 4.69. The van der Waals surface area contributed by atoms with Crippen LogP contribution in [0.1, 0.15) is 32.3 Å². The molecule has 0 aliphatic rings. The summed E-state index contributed by atoms with van der Waals surface area (Å²) in [5.74, 6) is 0.164. The lowest BCUT2D eigenvalue weighted by molar-refractivity contribution is -0.137. The molecule has 1 aromatic carbocycles. The zero-order valence-electron chi connectivity index (χ0n) is 17.1. The Bertz CT molecular complexity index is 1180. The Hall–Kier alpha value is -3.08. The molecule has 31 heavy (non-hydrogen) atoms. The van der Waals surface area contributed by atoms with E-state index in [1.54, 1.807) is 0 Å². The summed E-state index contributed by atoms with van der Waals surface area (Å²) in [5, 5.41) is 9.03. The summed E-state index contributed by atoms with van der Waals surface area (Å²) < 4.78 is 47.1. The molecule has 168 valence electrons. The third-order valence-corrected chi connectivity index (χ3v) is 4.69. The number of fused-ring (bicyclic) bond motifs is 1. The lowest BCUT2D eigenvalue weighted by atomic mass is 10.1. The Balaban J connectivity index is 2.12. The van der Waals surface area contributed by atoms with Gasteiger partial charge in [0.15, 0.2) is 11.2 Å². The van der Waals surface area contributed by atoms with E-state index >= 15 is 0 Å². The summed E-state index contributed by atoms with van der Waals surface area (Å²) in [6.45, 7) is 4.09. The van der Waals surface area contributed by atoms with Gasteiger partial charge in [-0.15, -0.1) is 0 Å². The molecule has 0 aliphatic heterocycles. The number of hydrogen-bond donors (Lipinski definition) is 2. The first kappa shape index (κ1) is 22.6. The summed E-state index contributed by atoms with van der Waals surface area (Å²) in [6.07, 6.45) is -3.69. The fourth-order valence-corrected chi connectivity index (χ4v) is 3.07. The van der Waals surface area contributed by atoms with Crippen LogP contribution >= 0.6 is 0 Å². The monoisotopic (exact) mass is 440 g/mol. The number of aryl methyl sites for hydroxylation is 1. The van der Waals surface area contributed by atoms with E-state index in [4.69, 9.17) is 9.84 Å². The van der Waals surface area contributed by atoms with Crippen LogP contribution in [0, 0.1) is 5.92 Å². The van der Waals surface area contributed by atoms with Crippen LogP contribution < -0.4 is 16.0 Å². The van der Waals surface area contributed by atoms with Crippen molar-refractivity contribution in [3.05, 3.63) is 50.7 Å². The standard InChI is InChI=1S/C20H23F3N4O4/c1-12(2)7-9-26-15-16(24-18(30)27(17(15)29)8-4-10-28)25-19(26)31-14-6-3-5-13(11-14)20(21,22)23/h3,5-6,11-12,28H,4,7-10H2,1-2H3,(H,24,30). The molecule has 0 radical (unpaired) electrons. The summed E-state index contributed by atoms with van der Waals surface area (Å²) >= 11 is 0. The van der Waals surface area contributed by atoms with Crippen molar-refractivity contribution < 1.29 is 23.0 Å². The molecule has 3 aromatic rings. The number of nitrogens with zero attached hydrogens (tertiary/aromatic N) is 3. The van der Waals surface area contributed by atoms with E-state index in [0.29, 0.717) is 13.0 Å². The Labute approximate surface area is 174 Å². The van der Waals surface area contributed by atoms with Gasteiger partial charge in [-0.05, 0) is 37.0 Å². The van der Waals surface area contributed by atoms with Gasteiger partial charge in [0.2, 0.25) is 0 Å². The number of ether oxygens (including phenoxy) is 1. The fourth-order valence-electron chi connectivity index (χ4n) is 3.07. The molecule has 2 aromatic heterocycles. The van der Waals surface area contributed by atoms with Crippen molar-refractivity contribution in [1.82, 2.24) is 19.1 Å². The fraction of sp³-hybridized carbons (Fsp3) is 0.450. The van der Waals surface area contributed by atoms with Crippen molar-refractivity contribution in [3.63, 3.8) is 0 Å². The molecule has 11 heteroatoms. The van der Waals surface area contributed by atoms with Gasteiger partial charge in [-0.25, -0.2) is 4.79 Å². The smallest absolute Gasteiger partial charge is 0.416 e. The number of benzene rings is 1. The molecule has 0 bridgehead atoms. The number of hydrogen-bond acceptors (Lipinski definition) is 5. The van der Waals surface area contributed by atoms with Crippen LogP contribution in [0.25, 0.3) is 11.2 Å². The maximum Gasteiger partial charge on any atom is 0.416 e. The van der Waals surface area contributed by atoms with Gasteiger partial charge >= 0.3 is 17.9 Å². The first-order valence-corrected chi connectivity index (χ1v) is 9.81. The van der Waals surface area contributed by atoms with Crippen LogP contribution in [-0.4, -0.2) is 30.8 Å². The second-order valence-electron chi connectivity index (χ2n) is 7.52. The number of aromatic amines is 1. The molecule has 2 N–H and O–H groups in total. The second kappa shape index (κ2) is 8.96. The van der Waals surface area contributed by atoms with Crippen molar-refractivity contribution in [2.75, 3.05) is 6.61 Å². The van der Waals surface area contributed by atoms with Gasteiger partial charge in [-0.1, -0.05) is 19.9 Å². The molecular weight excluding hydrogens is 417 g/mol. The minimum atomic E-state index is -4.54. The second-order valence-corrected chi connectivity index (χ2v) is 7.52. The number of aliphatic hydroxyl groups is 1. The Morgan fingerprint density at radius 3 is 2.58 bits per heavy atom. The Morgan fingerprint density at radius 1 is 1.19 bits per heavy atom. The molecule has 0 amide bonds. The summed E-state index contributed by atoms with van der Waals surface area (Å²) in [7, 11) is 0. The van der Waals surface area contributed by atoms with Crippen LogP contribution in [0.2, 0.25) is 0 Å². The molecule has 2 heterocycles. The van der Waals surface area contributed by atoms with Crippen LogP contribution in [0.4, 0.5) is 13.2 Å². The first-order valence-electron chi connectivity index (χ1n) is 9.81. The number of alkyl halides is 3. The molecule has 0 unspecified atom stereocenters. The maximum absolute atomic E-state index is 13.0. The molecule has 0 spiro atoms.